The van der Waals surface area contributed by atoms with Gasteiger partial charge in [0.2, 0.25) is 0 Å². The number of hydrogen-bond donors (Lipinski definition) is 1. The lowest BCUT2D eigenvalue weighted by molar-refractivity contribution is -0.123. The summed E-state index contributed by atoms with van der Waals surface area (Å²) >= 11 is 2.95. The summed E-state index contributed by atoms with van der Waals surface area (Å²) in [5.74, 6) is -0.262. The Morgan fingerprint density at radius 3 is 2.79 bits per heavy atom. The van der Waals surface area contributed by atoms with Gasteiger partial charge >= 0.3 is 5.97 Å². The molecule has 2 aliphatic carbocycles. The van der Waals surface area contributed by atoms with Crippen molar-refractivity contribution in [3.05, 3.63) is 37.4 Å². The van der Waals surface area contributed by atoms with E-state index in [-0.39, 0.29) is 0 Å². The molecule has 0 radical (unpaired) electrons. The van der Waals surface area contributed by atoms with Crippen LogP contribution in [0.2, 0.25) is 0 Å². The molecule has 2 unspecified atom stereocenters. The molecule has 0 fully saturated rings. The Morgan fingerprint density at radius 2 is 2.03 bits per heavy atom. The summed E-state index contributed by atoms with van der Waals surface area (Å²) in [6.45, 7) is 3.78. The number of fused-ring (bicyclic) bond motifs is 2. The van der Waals surface area contributed by atoms with Crippen LogP contribution in [0.3, 0.4) is 0 Å². The summed E-state index contributed by atoms with van der Waals surface area (Å²) in [6, 6.07) is 4.16. The Bertz CT molecular complexity index is 975. The molecule has 5 nitrogen and oxygen atoms in total. The van der Waals surface area contributed by atoms with Gasteiger partial charge in [-0.15, -0.1) is 22.7 Å². The van der Waals surface area contributed by atoms with Gasteiger partial charge in [-0.3, -0.25) is 4.79 Å². The number of carbonyl (C=O) groups is 2. The molecule has 2 aliphatic rings. The summed E-state index contributed by atoms with van der Waals surface area (Å²) < 4.78 is 5.42. The molecule has 0 aliphatic heterocycles. The molecular formula is C22H24N2O3S2. The molecule has 2 heterocycles. The maximum atomic E-state index is 12.6. The van der Waals surface area contributed by atoms with Crippen molar-refractivity contribution in [2.45, 2.75) is 64.9 Å². The summed E-state index contributed by atoms with van der Waals surface area (Å²) in [7, 11) is 0. The standard InChI is InChI=1S/C22H24N2O3S2/c1-12-7-8-15-16(11-23)21(29-18(15)9-12)24-20(25)13(2)27-22(26)19-10-14-5-3-4-6-17(14)28-19/h10,12-13H,3-9H2,1-2H3,(H,24,25). The number of nitriles is 1. The molecule has 0 spiro atoms. The van der Waals surface area contributed by atoms with E-state index in [9.17, 15) is 14.9 Å². The van der Waals surface area contributed by atoms with Crippen LogP contribution in [-0.4, -0.2) is 18.0 Å². The minimum atomic E-state index is -0.925. The fourth-order valence-electron chi connectivity index (χ4n) is 4.03. The first-order valence-corrected chi connectivity index (χ1v) is 11.8. The third kappa shape index (κ3) is 4.10. The maximum Gasteiger partial charge on any atom is 0.349 e. The van der Waals surface area contributed by atoms with Crippen LogP contribution in [0.5, 0.6) is 0 Å². The molecular weight excluding hydrogens is 404 g/mol. The molecule has 0 aromatic carbocycles. The van der Waals surface area contributed by atoms with Gasteiger partial charge in [0.15, 0.2) is 6.10 Å². The molecule has 2 atom stereocenters. The van der Waals surface area contributed by atoms with Gasteiger partial charge in [0, 0.05) is 9.75 Å². The zero-order valence-electron chi connectivity index (χ0n) is 16.7. The Morgan fingerprint density at radius 1 is 1.24 bits per heavy atom. The van der Waals surface area contributed by atoms with Crippen molar-refractivity contribution in [3.8, 4) is 6.07 Å². The summed E-state index contributed by atoms with van der Waals surface area (Å²) in [6.07, 6.45) is 6.29. The van der Waals surface area contributed by atoms with Crippen molar-refractivity contribution in [1.29, 1.82) is 5.26 Å². The Labute approximate surface area is 178 Å². The lowest BCUT2D eigenvalue weighted by atomic mass is 9.88. The number of ether oxygens (including phenoxy) is 1. The highest BCUT2D eigenvalue weighted by Gasteiger charge is 2.27. The number of nitrogens with zero attached hydrogens (tertiary/aromatic N) is 1. The van der Waals surface area contributed by atoms with Crippen LogP contribution in [0.4, 0.5) is 5.00 Å². The predicted octanol–water partition coefficient (Wildman–Crippen LogP) is 4.87. The first-order chi connectivity index (χ1) is 14.0. The summed E-state index contributed by atoms with van der Waals surface area (Å²) in [5, 5.41) is 13.0. The molecule has 1 amide bonds. The zero-order chi connectivity index (χ0) is 20.5. The number of nitrogens with one attached hydrogen (secondary N) is 1. The summed E-state index contributed by atoms with van der Waals surface area (Å²) in [4.78, 5) is 28.1. The predicted molar refractivity (Wildman–Crippen MR) is 115 cm³/mol. The van der Waals surface area contributed by atoms with Gasteiger partial charge in [0.25, 0.3) is 5.91 Å². The minimum Gasteiger partial charge on any atom is -0.448 e. The quantitative estimate of drug-likeness (QED) is 0.705. The fraction of sp³-hybridized carbons (Fsp3) is 0.500. The van der Waals surface area contributed by atoms with Crippen LogP contribution >= 0.6 is 22.7 Å². The fourth-order valence-corrected chi connectivity index (χ4v) is 6.53. The van der Waals surface area contributed by atoms with Crippen molar-refractivity contribution in [2.75, 3.05) is 5.32 Å². The molecule has 7 heteroatoms. The maximum absolute atomic E-state index is 12.6. The number of carbonyl (C=O) groups excluding carboxylic acids is 2. The number of thiophene rings is 2. The van der Waals surface area contributed by atoms with E-state index in [4.69, 9.17) is 4.74 Å². The minimum absolute atomic E-state index is 0.400. The topological polar surface area (TPSA) is 79.2 Å². The van der Waals surface area contributed by atoms with Crippen molar-refractivity contribution in [1.82, 2.24) is 0 Å². The Kier molecular flexibility index (Phi) is 5.75. The number of anilines is 1. The highest BCUT2D eigenvalue weighted by molar-refractivity contribution is 7.16. The van der Waals surface area contributed by atoms with Crippen molar-refractivity contribution < 1.29 is 14.3 Å². The Balaban J connectivity index is 1.43. The molecule has 1 N–H and O–H groups in total. The zero-order valence-corrected chi connectivity index (χ0v) is 18.3. The van der Waals surface area contributed by atoms with Crippen LogP contribution in [0.1, 0.15) is 69.2 Å². The van der Waals surface area contributed by atoms with E-state index in [1.165, 1.54) is 38.0 Å². The third-order valence-electron chi connectivity index (χ3n) is 5.71. The van der Waals surface area contributed by atoms with Gasteiger partial charge in [0.05, 0.1) is 5.56 Å². The van der Waals surface area contributed by atoms with E-state index in [0.29, 0.717) is 21.4 Å². The van der Waals surface area contributed by atoms with Crippen LogP contribution in [0.15, 0.2) is 6.07 Å². The second kappa shape index (κ2) is 8.29. The van der Waals surface area contributed by atoms with E-state index >= 15 is 0 Å². The second-order valence-electron chi connectivity index (χ2n) is 7.97. The lowest BCUT2D eigenvalue weighted by Crippen LogP contribution is -2.29. The van der Waals surface area contributed by atoms with Crippen molar-refractivity contribution >= 4 is 39.6 Å². The van der Waals surface area contributed by atoms with Gasteiger partial charge in [-0.25, -0.2) is 4.79 Å². The molecule has 29 heavy (non-hydrogen) atoms. The van der Waals surface area contributed by atoms with E-state index in [2.05, 4.69) is 18.3 Å². The molecule has 0 saturated carbocycles. The van der Waals surface area contributed by atoms with Gasteiger partial charge < -0.3 is 10.1 Å². The molecule has 0 saturated heterocycles. The van der Waals surface area contributed by atoms with Crippen LogP contribution in [0, 0.1) is 17.2 Å². The molecule has 2 aromatic rings. The molecule has 0 bridgehead atoms. The van der Waals surface area contributed by atoms with Gasteiger partial charge in [-0.05, 0) is 75.0 Å². The van der Waals surface area contributed by atoms with Crippen LogP contribution < -0.4 is 5.32 Å². The van der Waals surface area contributed by atoms with E-state index in [0.717, 1.165) is 50.5 Å². The monoisotopic (exact) mass is 428 g/mol. The van der Waals surface area contributed by atoms with Crippen molar-refractivity contribution in [3.63, 3.8) is 0 Å². The smallest absolute Gasteiger partial charge is 0.349 e. The van der Waals surface area contributed by atoms with Gasteiger partial charge in [-0.2, -0.15) is 5.26 Å². The number of hydrogen-bond acceptors (Lipinski definition) is 6. The average Bonchev–Trinajstić information content (AvgIpc) is 3.28. The van der Waals surface area contributed by atoms with Crippen LogP contribution in [-0.2, 0) is 35.2 Å². The first kappa shape index (κ1) is 20.1. The SMILES string of the molecule is CC1CCc2c(sc(NC(=O)C(C)OC(=O)c3cc4c(s3)CCCC4)c2C#N)C1. The van der Waals surface area contributed by atoms with E-state index in [1.54, 1.807) is 6.92 Å². The largest absolute Gasteiger partial charge is 0.448 e. The third-order valence-corrected chi connectivity index (χ3v) is 8.10. The molecule has 152 valence electrons. The first-order valence-electron chi connectivity index (χ1n) is 10.1. The number of esters is 1. The normalized spacial score (nSPS) is 18.9. The number of amides is 1. The highest BCUT2D eigenvalue weighted by atomic mass is 32.1. The van der Waals surface area contributed by atoms with Crippen molar-refractivity contribution in [2.24, 2.45) is 5.92 Å². The molecule has 4 rings (SSSR count). The van der Waals surface area contributed by atoms with Gasteiger partial charge in [-0.1, -0.05) is 6.92 Å². The summed E-state index contributed by atoms with van der Waals surface area (Å²) in [5.41, 5.74) is 2.87. The Hall–Kier alpha value is -2.17. The highest BCUT2D eigenvalue weighted by Crippen LogP contribution is 2.39. The number of rotatable bonds is 4. The van der Waals surface area contributed by atoms with Gasteiger partial charge in [0.1, 0.15) is 15.9 Å². The lowest BCUT2D eigenvalue weighted by Gasteiger charge is -2.17. The van der Waals surface area contributed by atoms with E-state index in [1.807, 2.05) is 6.07 Å². The second-order valence-corrected chi connectivity index (χ2v) is 10.2. The average molecular weight is 429 g/mol. The van der Waals surface area contributed by atoms with E-state index < -0.39 is 18.0 Å². The van der Waals surface area contributed by atoms with Crippen LogP contribution in [0.25, 0.3) is 0 Å². The molecule has 2 aromatic heterocycles. The number of aryl methyl sites for hydroxylation is 2.